The first-order chi connectivity index (χ1) is 12.2. The number of pyridine rings is 1. The van der Waals surface area contributed by atoms with Gasteiger partial charge in [-0.05, 0) is 37.8 Å². The molecule has 1 aromatic carbocycles. The summed E-state index contributed by atoms with van der Waals surface area (Å²) in [4.78, 5) is 19.2. The summed E-state index contributed by atoms with van der Waals surface area (Å²) in [6.45, 7) is 2.36. The predicted molar refractivity (Wildman–Crippen MR) is 98.3 cm³/mol. The normalized spacial score (nSPS) is 21.8. The molecule has 132 valence electrons. The number of nitrogens with two attached hydrogens (primary N) is 1. The average Bonchev–Trinajstić information content (AvgIpc) is 3.14. The zero-order valence-electron chi connectivity index (χ0n) is 14.5. The van der Waals surface area contributed by atoms with Gasteiger partial charge in [0, 0.05) is 31.0 Å². The lowest BCUT2D eigenvalue weighted by Crippen LogP contribution is -2.39. The quantitative estimate of drug-likeness (QED) is 0.933. The van der Waals surface area contributed by atoms with Crippen LogP contribution in [0.1, 0.15) is 43.7 Å². The lowest BCUT2D eigenvalue weighted by molar-refractivity contribution is -0.134. The van der Waals surface area contributed by atoms with Crippen LogP contribution in [-0.2, 0) is 9.53 Å². The number of nitrogen functional groups attached to an aromatic ring is 1. The molecule has 0 saturated carbocycles. The van der Waals surface area contributed by atoms with E-state index in [0.29, 0.717) is 12.3 Å². The number of carbonyl (C=O) groups excluding carboxylic acids is 1. The molecule has 0 unspecified atom stereocenters. The van der Waals surface area contributed by atoms with Crippen molar-refractivity contribution in [1.29, 1.82) is 0 Å². The first-order valence-corrected chi connectivity index (χ1v) is 9.25. The maximum absolute atomic E-state index is 12.4. The molecule has 1 atom stereocenters. The van der Waals surface area contributed by atoms with Crippen LogP contribution in [0.3, 0.4) is 0 Å². The van der Waals surface area contributed by atoms with E-state index in [1.807, 2.05) is 35.2 Å². The number of rotatable bonds is 3. The number of likely N-dealkylation sites (tertiary alicyclic amines) is 1. The van der Waals surface area contributed by atoms with Gasteiger partial charge in [0.1, 0.15) is 0 Å². The molecular formula is C20H25N3O2. The number of carbonyl (C=O) groups is 1. The van der Waals surface area contributed by atoms with Crippen molar-refractivity contribution in [1.82, 2.24) is 9.88 Å². The largest absolute Gasteiger partial charge is 0.397 e. The third-order valence-corrected chi connectivity index (χ3v) is 5.45. The Morgan fingerprint density at radius 3 is 2.80 bits per heavy atom. The van der Waals surface area contributed by atoms with Crippen LogP contribution >= 0.6 is 0 Å². The highest BCUT2D eigenvalue weighted by atomic mass is 16.5. The maximum Gasteiger partial charge on any atom is 0.225 e. The van der Waals surface area contributed by atoms with Crippen LogP contribution < -0.4 is 5.73 Å². The molecule has 4 rings (SSSR count). The van der Waals surface area contributed by atoms with Gasteiger partial charge in [-0.1, -0.05) is 18.2 Å². The van der Waals surface area contributed by atoms with Crippen LogP contribution in [0.2, 0.25) is 0 Å². The molecule has 2 aliphatic rings. The van der Waals surface area contributed by atoms with E-state index in [4.69, 9.17) is 15.5 Å². The van der Waals surface area contributed by atoms with Crippen molar-refractivity contribution in [2.24, 2.45) is 0 Å². The zero-order valence-corrected chi connectivity index (χ0v) is 14.5. The number of para-hydroxylation sites is 1. The van der Waals surface area contributed by atoms with Crippen molar-refractivity contribution < 1.29 is 9.53 Å². The molecule has 0 aliphatic carbocycles. The molecule has 0 radical (unpaired) electrons. The third kappa shape index (κ3) is 3.47. The fraction of sp³-hybridized carbons (Fsp3) is 0.500. The monoisotopic (exact) mass is 339 g/mol. The Kier molecular flexibility index (Phi) is 4.57. The summed E-state index contributed by atoms with van der Waals surface area (Å²) in [5, 5.41) is 1.08. The van der Waals surface area contributed by atoms with Crippen molar-refractivity contribution in [2.45, 2.75) is 44.1 Å². The zero-order chi connectivity index (χ0) is 17.2. The minimum Gasteiger partial charge on any atom is -0.397 e. The number of anilines is 1. The summed E-state index contributed by atoms with van der Waals surface area (Å²) in [6.07, 6.45) is 4.59. The van der Waals surface area contributed by atoms with Crippen LogP contribution in [0.15, 0.2) is 30.3 Å². The highest BCUT2D eigenvalue weighted by Crippen LogP contribution is 2.32. The molecule has 0 spiro atoms. The first kappa shape index (κ1) is 16.3. The Balaban J connectivity index is 1.41. The van der Waals surface area contributed by atoms with Crippen LogP contribution in [0.5, 0.6) is 0 Å². The third-order valence-electron chi connectivity index (χ3n) is 5.45. The van der Waals surface area contributed by atoms with Crippen LogP contribution in [-0.4, -0.2) is 41.6 Å². The van der Waals surface area contributed by atoms with E-state index in [2.05, 4.69) is 0 Å². The molecule has 2 fully saturated rings. The molecule has 2 N–H and O–H groups in total. The molecule has 1 aromatic heterocycles. The molecule has 3 heterocycles. The second-order valence-corrected chi connectivity index (χ2v) is 7.15. The molecule has 2 aliphatic heterocycles. The van der Waals surface area contributed by atoms with Gasteiger partial charge in [-0.2, -0.15) is 0 Å². The van der Waals surface area contributed by atoms with Crippen molar-refractivity contribution in [3.63, 3.8) is 0 Å². The smallest absolute Gasteiger partial charge is 0.225 e. The van der Waals surface area contributed by atoms with Gasteiger partial charge in [0.15, 0.2) is 0 Å². The summed E-state index contributed by atoms with van der Waals surface area (Å²) in [5.74, 6) is 0.557. The maximum atomic E-state index is 12.4. The second kappa shape index (κ2) is 7.00. The SMILES string of the molecule is Nc1cc2ccccc2nc1C1CCN(C(=O)C[C@@H]2CCCO2)CC1. The number of ether oxygens (including phenoxy) is 1. The molecule has 0 bridgehead atoms. The summed E-state index contributed by atoms with van der Waals surface area (Å²) in [6, 6.07) is 10.1. The fourth-order valence-corrected chi connectivity index (χ4v) is 4.01. The number of nitrogens with zero attached hydrogens (tertiary/aromatic N) is 2. The Morgan fingerprint density at radius 2 is 2.04 bits per heavy atom. The Hall–Kier alpha value is -2.14. The topological polar surface area (TPSA) is 68.5 Å². The van der Waals surface area contributed by atoms with E-state index in [9.17, 15) is 4.79 Å². The van der Waals surface area contributed by atoms with Gasteiger partial charge >= 0.3 is 0 Å². The number of hydrogen-bond acceptors (Lipinski definition) is 4. The molecule has 25 heavy (non-hydrogen) atoms. The Morgan fingerprint density at radius 1 is 1.24 bits per heavy atom. The first-order valence-electron chi connectivity index (χ1n) is 9.25. The van der Waals surface area contributed by atoms with Crippen LogP contribution in [0.25, 0.3) is 10.9 Å². The van der Waals surface area contributed by atoms with E-state index in [0.717, 1.165) is 67.7 Å². The highest BCUT2D eigenvalue weighted by Gasteiger charge is 2.28. The molecule has 5 heteroatoms. The Bertz CT molecular complexity index is 763. The van der Waals surface area contributed by atoms with Crippen molar-refractivity contribution in [2.75, 3.05) is 25.4 Å². The number of benzene rings is 1. The predicted octanol–water partition coefficient (Wildman–Crippen LogP) is 3.09. The minimum absolute atomic E-state index is 0.128. The van der Waals surface area contributed by atoms with Gasteiger partial charge < -0.3 is 15.4 Å². The summed E-state index contributed by atoms with van der Waals surface area (Å²) < 4.78 is 5.59. The van der Waals surface area contributed by atoms with E-state index < -0.39 is 0 Å². The standard InChI is InChI=1S/C20H25N3O2/c21-17-12-15-4-1-2-6-18(15)22-20(17)14-7-9-23(10-8-14)19(24)13-16-5-3-11-25-16/h1-2,4,6,12,14,16H,3,5,7-11,13,21H2/t16-/m0/s1. The number of amides is 1. The molecular weight excluding hydrogens is 314 g/mol. The van der Waals surface area contributed by atoms with E-state index in [-0.39, 0.29) is 12.0 Å². The fourth-order valence-electron chi connectivity index (χ4n) is 4.01. The van der Waals surface area contributed by atoms with Gasteiger partial charge in [-0.3, -0.25) is 9.78 Å². The van der Waals surface area contributed by atoms with Crippen molar-refractivity contribution >= 4 is 22.5 Å². The molecule has 5 nitrogen and oxygen atoms in total. The summed E-state index contributed by atoms with van der Waals surface area (Å²) in [5.41, 5.74) is 9.01. The number of aromatic nitrogens is 1. The van der Waals surface area contributed by atoms with E-state index >= 15 is 0 Å². The number of hydrogen-bond donors (Lipinski definition) is 1. The second-order valence-electron chi connectivity index (χ2n) is 7.15. The molecule has 2 saturated heterocycles. The Labute approximate surface area is 148 Å². The summed E-state index contributed by atoms with van der Waals surface area (Å²) >= 11 is 0. The van der Waals surface area contributed by atoms with E-state index in [1.54, 1.807) is 0 Å². The van der Waals surface area contributed by atoms with Crippen LogP contribution in [0.4, 0.5) is 5.69 Å². The van der Waals surface area contributed by atoms with Crippen molar-refractivity contribution in [3.8, 4) is 0 Å². The van der Waals surface area contributed by atoms with Crippen LogP contribution in [0, 0.1) is 0 Å². The lowest BCUT2D eigenvalue weighted by Gasteiger charge is -2.32. The molecule has 1 amide bonds. The van der Waals surface area contributed by atoms with Crippen molar-refractivity contribution in [3.05, 3.63) is 36.0 Å². The minimum atomic E-state index is 0.128. The highest BCUT2D eigenvalue weighted by molar-refractivity contribution is 5.82. The number of fused-ring (bicyclic) bond motifs is 1. The lowest BCUT2D eigenvalue weighted by atomic mass is 9.91. The van der Waals surface area contributed by atoms with Gasteiger partial charge in [0.25, 0.3) is 0 Å². The molecule has 2 aromatic rings. The summed E-state index contributed by atoms with van der Waals surface area (Å²) in [7, 11) is 0. The van der Waals surface area contributed by atoms with Gasteiger partial charge in [-0.25, -0.2) is 0 Å². The average molecular weight is 339 g/mol. The van der Waals surface area contributed by atoms with Gasteiger partial charge in [-0.15, -0.1) is 0 Å². The van der Waals surface area contributed by atoms with Gasteiger partial charge in [0.05, 0.1) is 29.4 Å². The van der Waals surface area contributed by atoms with Gasteiger partial charge in [0.2, 0.25) is 5.91 Å². The van der Waals surface area contributed by atoms with E-state index in [1.165, 1.54) is 0 Å². The number of piperidine rings is 1.